The number of likely N-dealkylation sites (N-methyl/N-ethyl adjacent to an activating group) is 1. The van der Waals surface area contributed by atoms with Gasteiger partial charge in [-0.2, -0.15) is 0 Å². The number of oxazole rings is 1. The van der Waals surface area contributed by atoms with Crippen LogP contribution in [0.2, 0.25) is 0 Å². The molecule has 0 unspecified atom stereocenters. The maximum atomic E-state index is 11.8. The fourth-order valence-corrected chi connectivity index (χ4v) is 1.86. The van der Waals surface area contributed by atoms with Crippen molar-refractivity contribution in [3.63, 3.8) is 0 Å². The van der Waals surface area contributed by atoms with E-state index in [9.17, 15) is 9.59 Å². The summed E-state index contributed by atoms with van der Waals surface area (Å²) in [6.07, 6.45) is 0. The van der Waals surface area contributed by atoms with E-state index in [-0.39, 0.29) is 12.5 Å². The van der Waals surface area contributed by atoms with E-state index < -0.39 is 5.76 Å². The minimum Gasteiger partial charge on any atom is -0.408 e. The molecule has 3 N–H and O–H groups in total. The molecule has 20 heavy (non-hydrogen) atoms. The van der Waals surface area contributed by atoms with Crippen LogP contribution in [0.25, 0.3) is 11.1 Å². The second-order valence-electron chi connectivity index (χ2n) is 4.76. The lowest BCUT2D eigenvalue weighted by molar-refractivity contribution is -0.114. The standard InChI is InChI=1S/C13H18N4O3/c1-16(2)5-6-17-10-7-9(15-12(18)8-14)3-4-11(10)20-13(17)19/h3-4,7H,5-6,8,14H2,1-2H3,(H,15,18). The monoisotopic (exact) mass is 278 g/mol. The van der Waals surface area contributed by atoms with Crippen LogP contribution >= 0.6 is 0 Å². The van der Waals surface area contributed by atoms with Crippen LogP contribution in [0.1, 0.15) is 0 Å². The molecule has 0 saturated carbocycles. The van der Waals surface area contributed by atoms with Crippen LogP contribution in [0.4, 0.5) is 5.69 Å². The summed E-state index contributed by atoms with van der Waals surface area (Å²) in [6, 6.07) is 5.05. The molecule has 0 radical (unpaired) electrons. The predicted molar refractivity (Wildman–Crippen MR) is 76.7 cm³/mol. The van der Waals surface area contributed by atoms with Gasteiger partial charge in [0.2, 0.25) is 5.91 Å². The molecule has 1 heterocycles. The van der Waals surface area contributed by atoms with Gasteiger partial charge in [0.05, 0.1) is 12.1 Å². The van der Waals surface area contributed by atoms with Crippen molar-refractivity contribution in [2.24, 2.45) is 5.73 Å². The number of aromatic nitrogens is 1. The highest BCUT2D eigenvalue weighted by atomic mass is 16.4. The number of nitrogens with zero attached hydrogens (tertiary/aromatic N) is 2. The number of carbonyl (C=O) groups excluding carboxylic acids is 1. The van der Waals surface area contributed by atoms with Crippen molar-refractivity contribution in [1.82, 2.24) is 9.47 Å². The normalized spacial score (nSPS) is 11.2. The van der Waals surface area contributed by atoms with Gasteiger partial charge in [0, 0.05) is 18.8 Å². The summed E-state index contributed by atoms with van der Waals surface area (Å²) < 4.78 is 6.72. The van der Waals surface area contributed by atoms with Gasteiger partial charge in [-0.3, -0.25) is 9.36 Å². The van der Waals surface area contributed by atoms with Gasteiger partial charge in [-0.15, -0.1) is 0 Å². The van der Waals surface area contributed by atoms with Crippen LogP contribution in [0.5, 0.6) is 0 Å². The van der Waals surface area contributed by atoms with Gasteiger partial charge < -0.3 is 20.4 Å². The van der Waals surface area contributed by atoms with E-state index in [0.717, 1.165) is 0 Å². The van der Waals surface area contributed by atoms with Gasteiger partial charge in [-0.25, -0.2) is 4.79 Å². The third kappa shape index (κ3) is 3.06. The van der Waals surface area contributed by atoms with Crippen molar-refractivity contribution in [2.75, 3.05) is 32.5 Å². The van der Waals surface area contributed by atoms with E-state index in [1.807, 2.05) is 19.0 Å². The average molecular weight is 278 g/mol. The van der Waals surface area contributed by atoms with E-state index >= 15 is 0 Å². The van der Waals surface area contributed by atoms with E-state index in [4.69, 9.17) is 10.2 Å². The molecular formula is C13H18N4O3. The molecule has 1 aromatic heterocycles. The van der Waals surface area contributed by atoms with Crippen molar-refractivity contribution in [3.05, 3.63) is 28.7 Å². The number of anilines is 1. The van der Waals surface area contributed by atoms with Crippen LogP contribution in [0, 0.1) is 0 Å². The smallest absolute Gasteiger partial charge is 0.408 e. The second-order valence-corrected chi connectivity index (χ2v) is 4.76. The lowest BCUT2D eigenvalue weighted by Crippen LogP contribution is -2.24. The Bertz CT molecular complexity index is 672. The number of fused-ring (bicyclic) bond motifs is 1. The third-order valence-corrected chi connectivity index (χ3v) is 2.91. The highest BCUT2D eigenvalue weighted by Crippen LogP contribution is 2.18. The minimum absolute atomic E-state index is 0.0864. The Labute approximate surface area is 115 Å². The molecule has 0 atom stereocenters. The quantitative estimate of drug-likeness (QED) is 0.806. The van der Waals surface area contributed by atoms with E-state index in [0.29, 0.717) is 29.9 Å². The number of benzene rings is 1. The Morgan fingerprint density at radius 2 is 2.20 bits per heavy atom. The number of nitrogens with one attached hydrogen (secondary N) is 1. The van der Waals surface area contributed by atoms with Gasteiger partial charge in [0.25, 0.3) is 0 Å². The molecule has 0 saturated heterocycles. The molecule has 2 rings (SSSR count). The number of hydrogen-bond acceptors (Lipinski definition) is 5. The molecule has 0 aliphatic rings. The Morgan fingerprint density at radius 3 is 2.85 bits per heavy atom. The van der Waals surface area contributed by atoms with Crippen molar-refractivity contribution < 1.29 is 9.21 Å². The lowest BCUT2D eigenvalue weighted by Gasteiger charge is -2.09. The summed E-state index contributed by atoms with van der Waals surface area (Å²) in [5.41, 5.74) is 7.00. The number of rotatable bonds is 5. The van der Waals surface area contributed by atoms with Crippen LogP contribution in [0.15, 0.2) is 27.4 Å². The lowest BCUT2D eigenvalue weighted by atomic mass is 10.2. The number of carbonyl (C=O) groups is 1. The van der Waals surface area contributed by atoms with Gasteiger partial charge in [0.15, 0.2) is 5.58 Å². The van der Waals surface area contributed by atoms with E-state index in [2.05, 4.69) is 5.32 Å². The highest BCUT2D eigenvalue weighted by Gasteiger charge is 2.10. The summed E-state index contributed by atoms with van der Waals surface area (Å²) in [5.74, 6) is -0.681. The van der Waals surface area contributed by atoms with Crippen molar-refractivity contribution in [1.29, 1.82) is 0 Å². The summed E-state index contributed by atoms with van der Waals surface area (Å²) in [6.45, 7) is 1.15. The molecule has 0 fully saturated rings. The molecule has 7 nitrogen and oxygen atoms in total. The summed E-state index contributed by atoms with van der Waals surface area (Å²) in [7, 11) is 3.86. The third-order valence-electron chi connectivity index (χ3n) is 2.91. The van der Waals surface area contributed by atoms with Gasteiger partial charge in [-0.1, -0.05) is 0 Å². The highest BCUT2D eigenvalue weighted by molar-refractivity contribution is 5.93. The fraction of sp³-hybridized carbons (Fsp3) is 0.385. The minimum atomic E-state index is -0.399. The maximum Gasteiger partial charge on any atom is 0.419 e. The van der Waals surface area contributed by atoms with Gasteiger partial charge >= 0.3 is 5.76 Å². The summed E-state index contributed by atoms with van der Waals surface area (Å²) in [4.78, 5) is 25.1. The Hall–Kier alpha value is -2.12. The van der Waals surface area contributed by atoms with Gasteiger partial charge in [-0.05, 0) is 32.3 Å². The second kappa shape index (κ2) is 5.89. The zero-order valence-electron chi connectivity index (χ0n) is 11.5. The summed E-state index contributed by atoms with van der Waals surface area (Å²) >= 11 is 0. The molecule has 0 aliphatic heterocycles. The van der Waals surface area contributed by atoms with Crippen molar-refractivity contribution in [2.45, 2.75) is 6.54 Å². The maximum absolute atomic E-state index is 11.8. The van der Waals surface area contributed by atoms with Crippen molar-refractivity contribution in [3.8, 4) is 0 Å². The molecule has 2 aromatic rings. The Morgan fingerprint density at radius 1 is 1.45 bits per heavy atom. The topological polar surface area (TPSA) is 93.5 Å². The average Bonchev–Trinajstić information content (AvgIpc) is 2.71. The first kappa shape index (κ1) is 14.3. The van der Waals surface area contributed by atoms with E-state index in [1.54, 1.807) is 22.8 Å². The number of hydrogen-bond donors (Lipinski definition) is 2. The van der Waals surface area contributed by atoms with Crippen LogP contribution in [-0.4, -0.2) is 42.6 Å². The zero-order chi connectivity index (χ0) is 14.7. The first-order chi connectivity index (χ1) is 9.51. The largest absolute Gasteiger partial charge is 0.419 e. The van der Waals surface area contributed by atoms with E-state index in [1.165, 1.54) is 0 Å². The zero-order valence-corrected chi connectivity index (χ0v) is 11.5. The molecule has 0 bridgehead atoms. The predicted octanol–water partition coefficient (Wildman–Crippen LogP) is 0.0533. The first-order valence-corrected chi connectivity index (χ1v) is 6.29. The molecule has 108 valence electrons. The molecular weight excluding hydrogens is 260 g/mol. The summed E-state index contributed by atoms with van der Waals surface area (Å²) in [5, 5.41) is 2.65. The number of amides is 1. The van der Waals surface area contributed by atoms with Crippen LogP contribution < -0.4 is 16.8 Å². The Kier molecular flexibility index (Phi) is 4.21. The fourth-order valence-electron chi connectivity index (χ4n) is 1.86. The van der Waals surface area contributed by atoms with Crippen LogP contribution in [0.3, 0.4) is 0 Å². The molecule has 0 spiro atoms. The molecule has 1 aromatic carbocycles. The number of nitrogens with two attached hydrogens (primary N) is 1. The van der Waals surface area contributed by atoms with Crippen LogP contribution in [-0.2, 0) is 11.3 Å². The molecule has 0 aliphatic carbocycles. The molecule has 1 amide bonds. The van der Waals surface area contributed by atoms with Gasteiger partial charge in [0.1, 0.15) is 0 Å². The Balaban J connectivity index is 2.36. The SMILES string of the molecule is CN(C)CCn1c(=O)oc2ccc(NC(=O)CN)cc21. The van der Waals surface area contributed by atoms with Crippen molar-refractivity contribution >= 4 is 22.7 Å². The molecule has 7 heteroatoms. The first-order valence-electron chi connectivity index (χ1n) is 6.29.